The van der Waals surface area contributed by atoms with Gasteiger partial charge in [-0.05, 0) is 13.8 Å². The van der Waals surface area contributed by atoms with Gasteiger partial charge in [0.2, 0.25) is 0 Å². The molecule has 0 aliphatic heterocycles. The number of aliphatic hydroxyl groups is 8. The minimum Gasteiger partial charge on any atom is -0.435 e. The van der Waals surface area contributed by atoms with E-state index in [-0.39, 0.29) is 13.2 Å². The maximum absolute atomic E-state index is 10.5. The van der Waals surface area contributed by atoms with Crippen molar-refractivity contribution in [1.29, 1.82) is 0 Å². The van der Waals surface area contributed by atoms with Crippen molar-refractivity contribution in [2.45, 2.75) is 38.3 Å². The number of rotatable bonds is 9. The van der Waals surface area contributed by atoms with Crippen molar-refractivity contribution in [3.8, 4) is 0 Å². The van der Waals surface area contributed by atoms with Gasteiger partial charge in [0.25, 0.3) is 0 Å². The molecule has 0 saturated carbocycles. The predicted molar refractivity (Wildman–Crippen MR) is 86.0 cm³/mol. The van der Waals surface area contributed by atoms with Crippen LogP contribution in [0.2, 0.25) is 0 Å². The first kappa shape index (κ1) is 29.4. The summed E-state index contributed by atoms with van der Waals surface area (Å²) in [7, 11) is 0. The highest BCUT2D eigenvalue weighted by atomic mass is 16.7. The van der Waals surface area contributed by atoms with Gasteiger partial charge in [0, 0.05) is 0 Å². The van der Waals surface area contributed by atoms with Crippen LogP contribution in [0.15, 0.2) is 0 Å². The summed E-state index contributed by atoms with van der Waals surface area (Å²) in [5, 5.41) is 67.1. The van der Waals surface area contributed by atoms with Gasteiger partial charge in [0.15, 0.2) is 5.78 Å². The summed E-state index contributed by atoms with van der Waals surface area (Å²) >= 11 is 0. The average Bonchev–Trinajstić information content (AvgIpc) is 2.66. The SMILES string of the molecule is CCOC(=O)OCC.O=C(CO)[C@H](O)[C@@H](O)[C@H](O)CO.OCC(O)CO. The average molecular weight is 390 g/mol. The molecule has 0 radical (unpaired) electrons. The molecule has 0 aliphatic carbocycles. The fraction of sp³-hybridized carbons (Fsp3) is 0.857. The highest BCUT2D eigenvalue weighted by Gasteiger charge is 2.28. The van der Waals surface area contributed by atoms with Crippen LogP contribution in [-0.2, 0) is 14.3 Å². The van der Waals surface area contributed by atoms with Gasteiger partial charge < -0.3 is 50.3 Å². The van der Waals surface area contributed by atoms with E-state index in [2.05, 4.69) is 9.47 Å². The summed E-state index contributed by atoms with van der Waals surface area (Å²) in [6.07, 6.45) is -6.76. The van der Waals surface area contributed by atoms with Crippen LogP contribution in [-0.4, -0.2) is 117 Å². The third-order valence-electron chi connectivity index (χ3n) is 2.34. The Labute approximate surface area is 150 Å². The molecular weight excluding hydrogens is 360 g/mol. The Morgan fingerprint density at radius 1 is 0.808 bits per heavy atom. The normalized spacial score (nSPS) is 13.3. The van der Waals surface area contributed by atoms with E-state index in [1.807, 2.05) is 0 Å². The molecule has 3 atom stereocenters. The summed E-state index contributed by atoms with van der Waals surface area (Å²) in [5.74, 6) is -1.00. The Morgan fingerprint density at radius 2 is 1.23 bits per heavy atom. The van der Waals surface area contributed by atoms with E-state index in [0.29, 0.717) is 13.2 Å². The molecule has 0 spiro atoms. The molecule has 0 bridgehead atoms. The highest BCUT2D eigenvalue weighted by molar-refractivity contribution is 5.84. The molecule has 0 aromatic carbocycles. The molecule has 0 aliphatic rings. The molecular formula is C14H30O12. The van der Waals surface area contributed by atoms with E-state index in [1.165, 1.54) is 0 Å². The largest absolute Gasteiger partial charge is 0.508 e. The van der Waals surface area contributed by atoms with E-state index in [9.17, 15) is 9.59 Å². The molecule has 12 nitrogen and oxygen atoms in total. The molecule has 0 amide bonds. The number of ether oxygens (including phenoxy) is 2. The second-order valence-electron chi connectivity index (χ2n) is 4.44. The Balaban J connectivity index is -0.000000328. The van der Waals surface area contributed by atoms with Crippen molar-refractivity contribution in [3.05, 3.63) is 0 Å². The minimum atomic E-state index is -1.86. The number of aliphatic hydroxyl groups excluding tert-OH is 8. The first-order chi connectivity index (χ1) is 12.2. The summed E-state index contributed by atoms with van der Waals surface area (Å²) < 4.78 is 8.84. The van der Waals surface area contributed by atoms with Gasteiger partial charge in [0.05, 0.1) is 33.0 Å². The van der Waals surface area contributed by atoms with Crippen LogP contribution in [0.5, 0.6) is 0 Å². The quantitative estimate of drug-likeness (QED) is 0.178. The summed E-state index contributed by atoms with van der Waals surface area (Å²) in [4.78, 5) is 20.7. The monoisotopic (exact) mass is 390 g/mol. The summed E-state index contributed by atoms with van der Waals surface area (Å²) in [5.41, 5.74) is 0. The van der Waals surface area contributed by atoms with Crippen molar-refractivity contribution in [3.63, 3.8) is 0 Å². The molecule has 0 aromatic heterocycles. The standard InChI is InChI=1S/C6H12O6.C5H10O3.C3H8O3/c7-1-3(9)5(11)6(12)4(10)2-8;1-3-7-5(6)8-4-2;4-1-3(6)2-5/h3,5-9,11-12H,1-2H2;3-4H2,1-2H3;3-6H,1-2H2/t3-,5+,6+;;/m1../s1. The van der Waals surface area contributed by atoms with E-state index >= 15 is 0 Å². The number of Topliss-reactive ketones (excluding diaryl/α,β-unsaturated/α-hetero) is 1. The third-order valence-corrected chi connectivity index (χ3v) is 2.34. The van der Waals surface area contributed by atoms with Crippen molar-refractivity contribution in [1.82, 2.24) is 0 Å². The van der Waals surface area contributed by atoms with Crippen LogP contribution >= 0.6 is 0 Å². The first-order valence-electron chi connectivity index (χ1n) is 7.64. The molecule has 0 rings (SSSR count). The van der Waals surface area contributed by atoms with Crippen LogP contribution in [0.3, 0.4) is 0 Å². The van der Waals surface area contributed by atoms with E-state index in [0.717, 1.165) is 0 Å². The van der Waals surface area contributed by atoms with Crippen molar-refractivity contribution < 1.29 is 59.9 Å². The third kappa shape index (κ3) is 17.4. The molecule has 0 fully saturated rings. The van der Waals surface area contributed by atoms with E-state index in [4.69, 9.17) is 40.9 Å². The number of hydrogen-bond donors (Lipinski definition) is 8. The Bertz CT molecular complexity index is 326. The predicted octanol–water partition coefficient (Wildman–Crippen LogP) is -3.87. The second kappa shape index (κ2) is 19.9. The summed E-state index contributed by atoms with van der Waals surface area (Å²) in [6, 6.07) is 0. The lowest BCUT2D eigenvalue weighted by Gasteiger charge is -2.19. The second-order valence-corrected chi connectivity index (χ2v) is 4.44. The number of ketones is 1. The van der Waals surface area contributed by atoms with Crippen molar-refractivity contribution >= 4 is 11.9 Å². The van der Waals surface area contributed by atoms with Crippen molar-refractivity contribution in [2.24, 2.45) is 0 Å². The molecule has 0 unspecified atom stereocenters. The Hall–Kier alpha value is -1.38. The zero-order valence-corrected chi connectivity index (χ0v) is 14.8. The molecule has 8 N–H and O–H groups in total. The van der Waals surface area contributed by atoms with Gasteiger partial charge in [0.1, 0.15) is 31.0 Å². The zero-order chi connectivity index (χ0) is 21.1. The van der Waals surface area contributed by atoms with Gasteiger partial charge in [-0.15, -0.1) is 0 Å². The van der Waals surface area contributed by atoms with Crippen LogP contribution < -0.4 is 0 Å². The molecule has 12 heteroatoms. The number of carbonyl (C=O) groups is 2. The van der Waals surface area contributed by atoms with Crippen LogP contribution in [0.25, 0.3) is 0 Å². The maximum Gasteiger partial charge on any atom is 0.508 e. The lowest BCUT2D eigenvalue weighted by molar-refractivity contribution is -0.142. The molecule has 0 aromatic rings. The topological polar surface area (TPSA) is 214 Å². The van der Waals surface area contributed by atoms with Gasteiger partial charge in [-0.3, -0.25) is 4.79 Å². The molecule has 0 saturated heterocycles. The van der Waals surface area contributed by atoms with Gasteiger partial charge in [-0.25, -0.2) is 4.79 Å². The van der Waals surface area contributed by atoms with Crippen LogP contribution in [0.4, 0.5) is 4.79 Å². The zero-order valence-electron chi connectivity index (χ0n) is 14.8. The lowest BCUT2D eigenvalue weighted by atomic mass is 10.1. The maximum atomic E-state index is 10.5. The van der Waals surface area contributed by atoms with Crippen molar-refractivity contribution in [2.75, 3.05) is 39.6 Å². The summed E-state index contributed by atoms with van der Waals surface area (Å²) in [6.45, 7) is 1.80. The van der Waals surface area contributed by atoms with Gasteiger partial charge in [-0.1, -0.05) is 0 Å². The smallest absolute Gasteiger partial charge is 0.435 e. The molecule has 26 heavy (non-hydrogen) atoms. The molecule has 158 valence electrons. The van der Waals surface area contributed by atoms with Crippen LogP contribution in [0.1, 0.15) is 13.8 Å². The van der Waals surface area contributed by atoms with Gasteiger partial charge in [-0.2, -0.15) is 0 Å². The number of carbonyl (C=O) groups excluding carboxylic acids is 2. The van der Waals surface area contributed by atoms with Gasteiger partial charge >= 0.3 is 6.16 Å². The fourth-order valence-electron chi connectivity index (χ4n) is 0.938. The number of hydrogen-bond acceptors (Lipinski definition) is 12. The molecule has 0 heterocycles. The van der Waals surface area contributed by atoms with E-state index < -0.39 is 49.6 Å². The first-order valence-corrected chi connectivity index (χ1v) is 7.64. The minimum absolute atomic E-state index is 0.365. The highest BCUT2D eigenvalue weighted by Crippen LogP contribution is 2.00. The fourth-order valence-corrected chi connectivity index (χ4v) is 0.938. The Kier molecular flexibility index (Phi) is 22.5. The lowest BCUT2D eigenvalue weighted by Crippen LogP contribution is -2.44. The van der Waals surface area contributed by atoms with Crippen LogP contribution in [0, 0.1) is 0 Å². The Morgan fingerprint density at radius 3 is 1.46 bits per heavy atom. The van der Waals surface area contributed by atoms with E-state index in [1.54, 1.807) is 13.8 Å².